The van der Waals surface area contributed by atoms with Gasteiger partial charge in [0.15, 0.2) is 0 Å². The van der Waals surface area contributed by atoms with Gasteiger partial charge >= 0.3 is 0 Å². The quantitative estimate of drug-likeness (QED) is 0.855. The van der Waals surface area contributed by atoms with Gasteiger partial charge in [0.1, 0.15) is 11.6 Å². The molecule has 0 aromatic carbocycles. The molecule has 2 aliphatic rings. The molecule has 132 valence electrons. The molecule has 1 unspecified atom stereocenters. The Labute approximate surface area is 145 Å². The second kappa shape index (κ2) is 7.49. The summed E-state index contributed by atoms with van der Waals surface area (Å²) < 4.78 is 0. The molecular formula is C19H30N4O. The van der Waals surface area contributed by atoms with Gasteiger partial charge in [-0.3, -0.25) is 4.79 Å². The van der Waals surface area contributed by atoms with Crippen molar-refractivity contribution < 1.29 is 4.79 Å². The Morgan fingerprint density at radius 1 is 1.12 bits per heavy atom. The van der Waals surface area contributed by atoms with Gasteiger partial charge in [0, 0.05) is 37.8 Å². The zero-order valence-corrected chi connectivity index (χ0v) is 15.2. The smallest absolute Gasteiger partial charge is 0.226 e. The van der Waals surface area contributed by atoms with Gasteiger partial charge < -0.3 is 9.80 Å². The van der Waals surface area contributed by atoms with Crippen molar-refractivity contribution in [1.82, 2.24) is 14.9 Å². The first kappa shape index (κ1) is 17.2. The van der Waals surface area contributed by atoms with Gasteiger partial charge in [-0.15, -0.1) is 0 Å². The van der Waals surface area contributed by atoms with Gasteiger partial charge in [0.05, 0.1) is 0 Å². The van der Waals surface area contributed by atoms with E-state index in [0.29, 0.717) is 17.9 Å². The first-order valence-electron chi connectivity index (χ1n) is 9.41. The highest BCUT2D eigenvalue weighted by molar-refractivity contribution is 5.79. The van der Waals surface area contributed by atoms with Crippen LogP contribution in [0.4, 0.5) is 5.82 Å². The lowest BCUT2D eigenvalue weighted by atomic mass is 9.81. The van der Waals surface area contributed by atoms with Gasteiger partial charge in [-0.05, 0) is 58.4 Å². The first-order valence-corrected chi connectivity index (χ1v) is 9.41. The summed E-state index contributed by atoms with van der Waals surface area (Å²) >= 11 is 0. The fraction of sp³-hybridized carbons (Fsp3) is 0.737. The van der Waals surface area contributed by atoms with E-state index in [1.54, 1.807) is 0 Å². The minimum absolute atomic E-state index is 0.226. The van der Waals surface area contributed by atoms with E-state index < -0.39 is 0 Å². The number of aryl methyl sites for hydroxylation is 1. The van der Waals surface area contributed by atoms with Crippen molar-refractivity contribution in [1.29, 1.82) is 0 Å². The van der Waals surface area contributed by atoms with Crippen LogP contribution in [0.25, 0.3) is 0 Å². The Balaban J connectivity index is 1.64. The van der Waals surface area contributed by atoms with E-state index in [1.807, 2.05) is 19.2 Å². The Hall–Kier alpha value is -1.65. The summed E-state index contributed by atoms with van der Waals surface area (Å²) in [5, 5.41) is 0. The fourth-order valence-corrected chi connectivity index (χ4v) is 4.19. The summed E-state index contributed by atoms with van der Waals surface area (Å²) in [6.07, 6.45) is 7.42. The number of likely N-dealkylation sites (tertiary alicyclic amines) is 1. The molecule has 0 radical (unpaired) electrons. The number of nitrogens with zero attached hydrogens (tertiary/aromatic N) is 4. The lowest BCUT2D eigenvalue weighted by molar-refractivity contribution is -0.138. The van der Waals surface area contributed by atoms with Crippen molar-refractivity contribution in [3.05, 3.63) is 18.1 Å². The number of anilines is 1. The van der Waals surface area contributed by atoms with Crippen LogP contribution in [0, 0.1) is 18.8 Å². The highest BCUT2D eigenvalue weighted by Crippen LogP contribution is 2.33. The van der Waals surface area contributed by atoms with E-state index in [-0.39, 0.29) is 5.92 Å². The summed E-state index contributed by atoms with van der Waals surface area (Å²) in [7, 11) is 0. The summed E-state index contributed by atoms with van der Waals surface area (Å²) in [5.41, 5.74) is 0. The Morgan fingerprint density at radius 2 is 1.88 bits per heavy atom. The van der Waals surface area contributed by atoms with Crippen LogP contribution in [0.1, 0.15) is 51.8 Å². The average molecular weight is 330 g/mol. The van der Waals surface area contributed by atoms with E-state index >= 15 is 0 Å². The molecule has 3 rings (SSSR count). The maximum atomic E-state index is 13.0. The van der Waals surface area contributed by atoms with Gasteiger partial charge in [-0.1, -0.05) is 6.42 Å². The highest BCUT2D eigenvalue weighted by atomic mass is 16.2. The van der Waals surface area contributed by atoms with Crippen molar-refractivity contribution in [2.75, 3.05) is 24.5 Å². The molecule has 2 aliphatic heterocycles. The Morgan fingerprint density at radius 3 is 2.54 bits per heavy atom. The molecule has 1 aromatic rings. The molecule has 1 amide bonds. The summed E-state index contributed by atoms with van der Waals surface area (Å²) in [5.74, 6) is 3.00. The molecule has 0 N–H and O–H groups in total. The van der Waals surface area contributed by atoms with Crippen LogP contribution in [0.5, 0.6) is 0 Å². The molecule has 0 bridgehead atoms. The molecule has 0 aliphatic carbocycles. The van der Waals surface area contributed by atoms with Gasteiger partial charge in [0.2, 0.25) is 5.91 Å². The number of aromatic nitrogens is 2. The molecule has 0 spiro atoms. The molecule has 0 saturated carbocycles. The largest absolute Gasteiger partial charge is 0.356 e. The van der Waals surface area contributed by atoms with Crippen molar-refractivity contribution in [2.45, 2.75) is 58.9 Å². The standard InChI is InChI=1S/C19H30N4O/c1-14(2)23-11-5-4-6-17(19(23)24)16-8-12-22(13-9-16)18-7-10-20-15(3)21-18/h7,10,14,16-17H,4-6,8-9,11-13H2,1-3H3. The van der Waals surface area contributed by atoms with E-state index in [4.69, 9.17) is 0 Å². The number of carbonyl (C=O) groups excluding carboxylic acids is 1. The predicted octanol–water partition coefficient (Wildman–Crippen LogP) is 3.04. The zero-order valence-electron chi connectivity index (χ0n) is 15.2. The van der Waals surface area contributed by atoms with Crippen molar-refractivity contribution in [3.8, 4) is 0 Å². The third-order valence-corrected chi connectivity index (χ3v) is 5.58. The fourth-order valence-electron chi connectivity index (χ4n) is 4.19. The van der Waals surface area contributed by atoms with Crippen molar-refractivity contribution in [3.63, 3.8) is 0 Å². The lowest BCUT2D eigenvalue weighted by Gasteiger charge is -2.37. The number of amides is 1. The molecule has 2 saturated heterocycles. The number of rotatable bonds is 3. The zero-order chi connectivity index (χ0) is 17.1. The van der Waals surface area contributed by atoms with E-state index in [9.17, 15) is 4.79 Å². The average Bonchev–Trinajstić information content (AvgIpc) is 2.77. The van der Waals surface area contributed by atoms with Crippen LogP contribution in [0.3, 0.4) is 0 Å². The molecule has 2 fully saturated rings. The highest BCUT2D eigenvalue weighted by Gasteiger charge is 2.35. The van der Waals surface area contributed by atoms with Gasteiger partial charge in [0.25, 0.3) is 0 Å². The first-order chi connectivity index (χ1) is 11.6. The van der Waals surface area contributed by atoms with Crippen LogP contribution in [-0.4, -0.2) is 46.5 Å². The van der Waals surface area contributed by atoms with E-state index in [1.165, 1.54) is 6.42 Å². The van der Waals surface area contributed by atoms with Crippen LogP contribution < -0.4 is 4.90 Å². The normalized spacial score (nSPS) is 23.7. The Kier molecular flexibility index (Phi) is 5.36. The van der Waals surface area contributed by atoms with Gasteiger partial charge in [-0.25, -0.2) is 9.97 Å². The van der Waals surface area contributed by atoms with E-state index in [0.717, 1.165) is 57.0 Å². The molecule has 1 atom stereocenters. The topological polar surface area (TPSA) is 49.3 Å². The molecule has 3 heterocycles. The molecule has 1 aromatic heterocycles. The third-order valence-electron chi connectivity index (χ3n) is 5.58. The lowest BCUT2D eigenvalue weighted by Crippen LogP contribution is -2.44. The van der Waals surface area contributed by atoms with Crippen molar-refractivity contribution in [2.24, 2.45) is 11.8 Å². The van der Waals surface area contributed by atoms with Crippen LogP contribution >= 0.6 is 0 Å². The molecule has 5 heteroatoms. The maximum absolute atomic E-state index is 13.0. The number of piperidine rings is 1. The molecule has 5 nitrogen and oxygen atoms in total. The SMILES string of the molecule is Cc1nccc(N2CCC(C3CCCCN(C(C)C)C3=O)CC2)n1. The predicted molar refractivity (Wildman–Crippen MR) is 95.9 cm³/mol. The summed E-state index contributed by atoms with van der Waals surface area (Å²) in [6, 6.07) is 2.31. The monoisotopic (exact) mass is 330 g/mol. The van der Waals surface area contributed by atoms with E-state index in [2.05, 4.69) is 33.6 Å². The number of hydrogen-bond donors (Lipinski definition) is 0. The minimum Gasteiger partial charge on any atom is -0.356 e. The van der Waals surface area contributed by atoms with Crippen LogP contribution in [0.15, 0.2) is 12.3 Å². The van der Waals surface area contributed by atoms with Gasteiger partial charge in [-0.2, -0.15) is 0 Å². The van der Waals surface area contributed by atoms with Crippen molar-refractivity contribution >= 4 is 11.7 Å². The Bertz CT molecular complexity index is 566. The second-order valence-corrected chi connectivity index (χ2v) is 7.51. The number of hydrogen-bond acceptors (Lipinski definition) is 4. The maximum Gasteiger partial charge on any atom is 0.226 e. The summed E-state index contributed by atoms with van der Waals surface area (Å²) in [6.45, 7) is 9.13. The second-order valence-electron chi connectivity index (χ2n) is 7.51. The number of carbonyl (C=O) groups is 1. The molecule has 24 heavy (non-hydrogen) atoms. The van der Waals surface area contributed by atoms with Crippen LogP contribution in [-0.2, 0) is 4.79 Å². The summed E-state index contributed by atoms with van der Waals surface area (Å²) in [4.78, 5) is 26.1. The third kappa shape index (κ3) is 3.70. The minimum atomic E-state index is 0.226. The van der Waals surface area contributed by atoms with Crippen LogP contribution in [0.2, 0.25) is 0 Å². The molecular weight excluding hydrogens is 300 g/mol.